The molecule has 2 rings (SSSR count). The third-order valence-electron chi connectivity index (χ3n) is 2.86. The van der Waals surface area contributed by atoms with Crippen LogP contribution in [0, 0.1) is 10.1 Å². The zero-order valence-electron chi connectivity index (χ0n) is 12.0. The molecule has 0 aliphatic heterocycles. The van der Waals surface area contributed by atoms with Crippen LogP contribution in [0.5, 0.6) is 11.5 Å². The third kappa shape index (κ3) is 4.74. The second-order valence-electron chi connectivity index (χ2n) is 4.60. The van der Waals surface area contributed by atoms with Gasteiger partial charge in [-0.3, -0.25) is 10.1 Å². The minimum Gasteiger partial charge on any atom is -0.502 e. The SMILES string of the molecule is O=[N+]([O-])c1cc(OC(F)(F)F)cc(CNNc2ccccc2)c1O. The van der Waals surface area contributed by atoms with E-state index in [9.17, 15) is 28.4 Å². The topological polar surface area (TPSA) is 96.7 Å². The summed E-state index contributed by atoms with van der Waals surface area (Å²) in [5.74, 6) is -1.53. The standard InChI is InChI=1S/C14H12F3N3O4/c15-14(16,17)24-11-6-9(13(21)12(7-11)20(22)23)8-18-19-10-4-2-1-3-5-10/h1-7,18-19,21H,8H2. The zero-order valence-corrected chi connectivity index (χ0v) is 12.0. The maximum atomic E-state index is 12.3. The Morgan fingerprint density at radius 3 is 2.46 bits per heavy atom. The maximum absolute atomic E-state index is 12.3. The molecule has 0 aromatic heterocycles. The number of halogens is 3. The van der Waals surface area contributed by atoms with Crippen LogP contribution in [-0.2, 0) is 6.54 Å². The lowest BCUT2D eigenvalue weighted by molar-refractivity contribution is -0.386. The number of hydrogen-bond acceptors (Lipinski definition) is 6. The summed E-state index contributed by atoms with van der Waals surface area (Å²) in [7, 11) is 0. The molecule has 0 aliphatic rings. The molecule has 3 N–H and O–H groups in total. The summed E-state index contributed by atoms with van der Waals surface area (Å²) in [5.41, 5.74) is 5.04. The van der Waals surface area contributed by atoms with Crippen LogP contribution in [0.3, 0.4) is 0 Å². The van der Waals surface area contributed by atoms with Crippen molar-refractivity contribution in [3.63, 3.8) is 0 Å². The largest absolute Gasteiger partial charge is 0.573 e. The molecule has 0 heterocycles. The number of nitrogens with one attached hydrogen (secondary N) is 2. The van der Waals surface area contributed by atoms with Crippen LogP contribution in [0.1, 0.15) is 5.56 Å². The molecular weight excluding hydrogens is 331 g/mol. The monoisotopic (exact) mass is 343 g/mol. The lowest BCUT2D eigenvalue weighted by Gasteiger charge is -2.13. The molecule has 24 heavy (non-hydrogen) atoms. The Kier molecular flexibility index (Phi) is 5.09. The first-order valence-electron chi connectivity index (χ1n) is 6.56. The van der Waals surface area contributed by atoms with Crippen molar-refractivity contribution in [2.75, 3.05) is 5.43 Å². The fourth-order valence-corrected chi connectivity index (χ4v) is 1.88. The Balaban J connectivity index is 2.19. The highest BCUT2D eigenvalue weighted by atomic mass is 19.4. The Labute approximate surface area is 133 Å². The van der Waals surface area contributed by atoms with Gasteiger partial charge in [-0.2, -0.15) is 0 Å². The average molecular weight is 343 g/mol. The van der Waals surface area contributed by atoms with Crippen molar-refractivity contribution >= 4 is 11.4 Å². The van der Waals surface area contributed by atoms with Gasteiger partial charge >= 0.3 is 12.0 Å². The molecule has 0 amide bonds. The summed E-state index contributed by atoms with van der Waals surface area (Å²) in [6.07, 6.45) is -5.00. The van der Waals surface area contributed by atoms with E-state index in [1.165, 1.54) is 0 Å². The predicted octanol–water partition coefficient (Wildman–Crippen LogP) is 3.32. The number of rotatable bonds is 6. The Morgan fingerprint density at radius 1 is 1.21 bits per heavy atom. The molecule has 7 nitrogen and oxygen atoms in total. The van der Waals surface area contributed by atoms with E-state index in [0.29, 0.717) is 11.8 Å². The molecule has 128 valence electrons. The number of anilines is 1. The first kappa shape index (κ1) is 17.3. The van der Waals surface area contributed by atoms with Gasteiger partial charge in [0.1, 0.15) is 5.75 Å². The first-order valence-corrected chi connectivity index (χ1v) is 6.56. The lowest BCUT2D eigenvalue weighted by atomic mass is 10.1. The van der Waals surface area contributed by atoms with Crippen LogP contribution in [0.2, 0.25) is 0 Å². The summed E-state index contributed by atoms with van der Waals surface area (Å²) >= 11 is 0. The molecule has 0 unspecified atom stereocenters. The molecule has 0 bridgehead atoms. The molecule has 0 aliphatic carbocycles. The number of aromatic hydroxyl groups is 1. The number of nitrogens with zero attached hydrogens (tertiary/aromatic N) is 1. The van der Waals surface area contributed by atoms with Crippen molar-refractivity contribution in [3.05, 3.63) is 58.1 Å². The first-order chi connectivity index (χ1) is 11.3. The van der Waals surface area contributed by atoms with Crippen LogP contribution < -0.4 is 15.6 Å². The highest BCUT2D eigenvalue weighted by Gasteiger charge is 2.32. The maximum Gasteiger partial charge on any atom is 0.573 e. The van der Waals surface area contributed by atoms with Crippen molar-refractivity contribution in [2.45, 2.75) is 12.9 Å². The number of phenols is 1. The third-order valence-corrected chi connectivity index (χ3v) is 2.86. The normalized spacial score (nSPS) is 11.1. The number of para-hydroxylation sites is 1. The van der Waals surface area contributed by atoms with Crippen molar-refractivity contribution in [2.24, 2.45) is 0 Å². The van der Waals surface area contributed by atoms with E-state index in [4.69, 9.17) is 0 Å². The zero-order chi connectivity index (χ0) is 17.7. The van der Waals surface area contributed by atoms with Gasteiger partial charge in [0.2, 0.25) is 0 Å². The fourth-order valence-electron chi connectivity index (χ4n) is 1.88. The van der Waals surface area contributed by atoms with E-state index < -0.39 is 28.5 Å². The van der Waals surface area contributed by atoms with E-state index in [0.717, 1.165) is 6.07 Å². The number of alkyl halides is 3. The van der Waals surface area contributed by atoms with Crippen LogP contribution >= 0.6 is 0 Å². The van der Waals surface area contributed by atoms with Crippen molar-refractivity contribution in [3.8, 4) is 11.5 Å². The van der Waals surface area contributed by atoms with Gasteiger partial charge in [0.05, 0.1) is 11.0 Å². The van der Waals surface area contributed by atoms with E-state index in [1.54, 1.807) is 30.3 Å². The van der Waals surface area contributed by atoms with Crippen LogP contribution in [0.15, 0.2) is 42.5 Å². The summed E-state index contributed by atoms with van der Waals surface area (Å²) in [6.45, 7) is -0.184. The second-order valence-corrected chi connectivity index (χ2v) is 4.60. The minimum atomic E-state index is -5.00. The highest BCUT2D eigenvalue weighted by Crippen LogP contribution is 2.36. The van der Waals surface area contributed by atoms with Gasteiger partial charge < -0.3 is 15.3 Å². The van der Waals surface area contributed by atoms with Crippen molar-refractivity contribution in [1.82, 2.24) is 5.43 Å². The number of hydrogen-bond donors (Lipinski definition) is 3. The van der Waals surface area contributed by atoms with Crippen molar-refractivity contribution in [1.29, 1.82) is 0 Å². The van der Waals surface area contributed by atoms with Gasteiger partial charge in [0.25, 0.3) is 0 Å². The smallest absolute Gasteiger partial charge is 0.502 e. The highest BCUT2D eigenvalue weighted by molar-refractivity contribution is 5.55. The van der Waals surface area contributed by atoms with Crippen LogP contribution in [0.25, 0.3) is 0 Å². The Hall–Kier alpha value is -3.01. The van der Waals surface area contributed by atoms with Gasteiger partial charge in [-0.05, 0) is 18.2 Å². The predicted molar refractivity (Wildman–Crippen MR) is 78.3 cm³/mol. The summed E-state index contributed by atoms with van der Waals surface area (Å²) < 4.78 is 40.6. The number of phenolic OH excluding ortho intramolecular Hbond substituents is 1. The van der Waals surface area contributed by atoms with Crippen LogP contribution in [-0.4, -0.2) is 16.4 Å². The van der Waals surface area contributed by atoms with Gasteiger partial charge in [-0.15, -0.1) is 13.2 Å². The van der Waals surface area contributed by atoms with Gasteiger partial charge in [0.15, 0.2) is 5.75 Å². The summed E-state index contributed by atoms with van der Waals surface area (Å²) in [4.78, 5) is 9.87. The lowest BCUT2D eigenvalue weighted by Crippen LogP contribution is -2.21. The van der Waals surface area contributed by atoms with E-state index in [1.807, 2.05) is 0 Å². The van der Waals surface area contributed by atoms with Gasteiger partial charge in [-0.25, -0.2) is 5.43 Å². The number of benzene rings is 2. The van der Waals surface area contributed by atoms with Gasteiger partial charge in [0, 0.05) is 17.8 Å². The molecule has 2 aromatic rings. The number of hydrazine groups is 1. The van der Waals surface area contributed by atoms with Crippen LogP contribution in [0.4, 0.5) is 24.5 Å². The second kappa shape index (κ2) is 7.04. The number of nitro groups is 1. The quantitative estimate of drug-likeness (QED) is 0.550. The molecule has 0 spiro atoms. The van der Waals surface area contributed by atoms with E-state index >= 15 is 0 Å². The Bertz CT molecular complexity index is 723. The minimum absolute atomic E-state index is 0.133. The summed E-state index contributed by atoms with van der Waals surface area (Å²) in [5, 5.41) is 20.7. The number of ether oxygens (including phenoxy) is 1. The fraction of sp³-hybridized carbons (Fsp3) is 0.143. The average Bonchev–Trinajstić information content (AvgIpc) is 2.49. The van der Waals surface area contributed by atoms with E-state index in [2.05, 4.69) is 15.6 Å². The molecule has 10 heteroatoms. The van der Waals surface area contributed by atoms with Crippen molar-refractivity contribution < 1.29 is 27.9 Å². The molecule has 0 atom stereocenters. The van der Waals surface area contributed by atoms with E-state index in [-0.39, 0.29) is 12.1 Å². The molecule has 0 saturated heterocycles. The molecular formula is C14H12F3N3O4. The number of nitro benzene ring substituents is 1. The molecule has 2 aromatic carbocycles. The molecule has 0 radical (unpaired) electrons. The Morgan fingerprint density at radius 2 is 1.88 bits per heavy atom. The molecule has 0 saturated carbocycles. The molecule has 0 fully saturated rings. The van der Waals surface area contributed by atoms with Gasteiger partial charge in [-0.1, -0.05) is 18.2 Å². The summed E-state index contributed by atoms with van der Waals surface area (Å²) in [6, 6.07) is 10.1.